The average molecular weight is 333 g/mol. The molecule has 0 spiro atoms. The number of aromatic nitrogens is 2. The van der Waals surface area contributed by atoms with Crippen molar-refractivity contribution in [3.8, 4) is 11.5 Å². The first-order chi connectivity index (χ1) is 10.7. The zero-order valence-corrected chi connectivity index (χ0v) is 13.6. The lowest BCUT2D eigenvalue weighted by molar-refractivity contribution is 0.356. The number of methoxy groups -OCH3 is 2. The third-order valence-electron chi connectivity index (χ3n) is 3.35. The summed E-state index contributed by atoms with van der Waals surface area (Å²) in [5.41, 5.74) is 8.15. The molecule has 0 saturated heterocycles. The molecule has 23 heavy (non-hydrogen) atoms. The van der Waals surface area contributed by atoms with E-state index in [2.05, 4.69) is 15.3 Å². The molecule has 0 fully saturated rings. The summed E-state index contributed by atoms with van der Waals surface area (Å²) in [4.78, 5) is 8.57. The number of rotatable bonds is 4. The average Bonchev–Trinajstić information content (AvgIpc) is 2.56. The molecule has 3 aromatic rings. The van der Waals surface area contributed by atoms with Crippen LogP contribution in [0.1, 0.15) is 0 Å². The molecule has 0 aliphatic heterocycles. The first kappa shape index (κ1) is 16.6. The number of nitrogens with zero attached hydrogens (tertiary/aromatic N) is 2. The predicted molar refractivity (Wildman–Crippen MR) is 94.0 cm³/mol. The van der Waals surface area contributed by atoms with E-state index in [0.29, 0.717) is 23.0 Å². The zero-order valence-electron chi connectivity index (χ0n) is 12.7. The van der Waals surface area contributed by atoms with Crippen molar-refractivity contribution < 1.29 is 9.47 Å². The van der Waals surface area contributed by atoms with Gasteiger partial charge in [-0.25, -0.2) is 9.97 Å². The molecule has 3 rings (SSSR count). The first-order valence-corrected chi connectivity index (χ1v) is 6.71. The fraction of sp³-hybridized carbons (Fsp3) is 0.125. The highest BCUT2D eigenvalue weighted by molar-refractivity contribution is 5.93. The molecule has 2 aromatic carbocycles. The van der Waals surface area contributed by atoms with Gasteiger partial charge in [0.15, 0.2) is 11.5 Å². The molecular weight excluding hydrogens is 316 g/mol. The van der Waals surface area contributed by atoms with Crippen LogP contribution in [0.2, 0.25) is 0 Å². The first-order valence-electron chi connectivity index (χ1n) is 6.71. The number of nitrogens with one attached hydrogen (secondary N) is 1. The van der Waals surface area contributed by atoms with Crippen LogP contribution in [0.5, 0.6) is 11.5 Å². The van der Waals surface area contributed by atoms with Crippen LogP contribution in [0.4, 0.5) is 17.2 Å². The Labute approximate surface area is 140 Å². The molecule has 0 unspecified atom stereocenters. The summed E-state index contributed by atoms with van der Waals surface area (Å²) in [6, 6.07) is 11.2. The summed E-state index contributed by atoms with van der Waals surface area (Å²) in [5, 5.41) is 4.05. The van der Waals surface area contributed by atoms with Crippen LogP contribution in [0.25, 0.3) is 10.9 Å². The van der Waals surface area contributed by atoms with E-state index in [1.165, 1.54) is 6.33 Å². The Balaban J connectivity index is 0.00000192. The van der Waals surface area contributed by atoms with Gasteiger partial charge in [0.25, 0.3) is 0 Å². The molecule has 6 nitrogen and oxygen atoms in total. The lowest BCUT2D eigenvalue weighted by atomic mass is 10.2. The highest BCUT2D eigenvalue weighted by Gasteiger charge is 2.11. The lowest BCUT2D eigenvalue weighted by Crippen LogP contribution is -2.00. The Morgan fingerprint density at radius 2 is 1.70 bits per heavy atom. The summed E-state index contributed by atoms with van der Waals surface area (Å²) >= 11 is 0. The third kappa shape index (κ3) is 3.22. The number of para-hydroxylation sites is 2. The van der Waals surface area contributed by atoms with Crippen molar-refractivity contribution in [1.82, 2.24) is 9.97 Å². The van der Waals surface area contributed by atoms with E-state index >= 15 is 0 Å². The highest BCUT2D eigenvalue weighted by atomic mass is 35.5. The summed E-state index contributed by atoms with van der Waals surface area (Å²) in [6.07, 6.45) is 1.50. The molecule has 0 atom stereocenters. The van der Waals surface area contributed by atoms with Crippen LogP contribution >= 0.6 is 12.4 Å². The molecule has 0 saturated carbocycles. The van der Waals surface area contributed by atoms with Crippen LogP contribution < -0.4 is 20.5 Å². The van der Waals surface area contributed by atoms with Crippen molar-refractivity contribution in [3.63, 3.8) is 0 Å². The molecule has 0 aliphatic rings. The standard InChI is InChI=1S/C16H16N4O2.ClH/c1-21-14-7-10-13(8-15(14)22-2)18-9-19-16(10)20-12-6-4-3-5-11(12)17;/h3-9H,17H2,1-2H3,(H,18,19,20);1H. The Morgan fingerprint density at radius 3 is 2.39 bits per heavy atom. The summed E-state index contributed by atoms with van der Waals surface area (Å²) in [6.45, 7) is 0. The van der Waals surface area contributed by atoms with Gasteiger partial charge in [0.1, 0.15) is 12.1 Å². The molecule has 3 N–H and O–H groups in total. The number of ether oxygens (including phenoxy) is 2. The molecule has 0 aliphatic carbocycles. The van der Waals surface area contributed by atoms with Gasteiger partial charge in [0.05, 0.1) is 31.1 Å². The van der Waals surface area contributed by atoms with Gasteiger partial charge >= 0.3 is 0 Å². The van der Waals surface area contributed by atoms with Crippen LogP contribution in [-0.4, -0.2) is 24.2 Å². The SMILES string of the molecule is COc1cc2ncnc(Nc3ccccc3N)c2cc1OC.Cl. The number of nitrogen functional groups attached to an aromatic ring is 1. The minimum Gasteiger partial charge on any atom is -0.493 e. The van der Waals surface area contributed by atoms with Gasteiger partial charge in [-0.05, 0) is 18.2 Å². The van der Waals surface area contributed by atoms with Gasteiger partial charge in [0.2, 0.25) is 0 Å². The quantitative estimate of drug-likeness (QED) is 0.713. The van der Waals surface area contributed by atoms with Crippen molar-refractivity contribution in [2.45, 2.75) is 0 Å². The number of hydrogen-bond acceptors (Lipinski definition) is 6. The summed E-state index contributed by atoms with van der Waals surface area (Å²) in [7, 11) is 3.18. The normalized spacial score (nSPS) is 10.0. The molecular formula is C16H17ClN4O2. The van der Waals surface area contributed by atoms with E-state index in [0.717, 1.165) is 16.6 Å². The van der Waals surface area contributed by atoms with Gasteiger partial charge in [0, 0.05) is 11.5 Å². The van der Waals surface area contributed by atoms with E-state index in [9.17, 15) is 0 Å². The maximum absolute atomic E-state index is 5.96. The van der Waals surface area contributed by atoms with Crippen LogP contribution in [0.3, 0.4) is 0 Å². The fourth-order valence-electron chi connectivity index (χ4n) is 2.22. The maximum atomic E-state index is 5.96. The summed E-state index contributed by atoms with van der Waals surface area (Å²) < 4.78 is 10.6. The molecule has 120 valence electrons. The number of halogens is 1. The maximum Gasteiger partial charge on any atom is 0.162 e. The Kier molecular flexibility index (Phi) is 5.08. The van der Waals surface area contributed by atoms with Crippen LogP contribution in [0, 0.1) is 0 Å². The van der Waals surface area contributed by atoms with Crippen molar-refractivity contribution in [1.29, 1.82) is 0 Å². The Morgan fingerprint density at radius 1 is 1.00 bits per heavy atom. The fourth-order valence-corrected chi connectivity index (χ4v) is 2.22. The highest BCUT2D eigenvalue weighted by Crippen LogP contribution is 2.34. The topological polar surface area (TPSA) is 82.3 Å². The third-order valence-corrected chi connectivity index (χ3v) is 3.35. The molecule has 1 aromatic heterocycles. The lowest BCUT2D eigenvalue weighted by Gasteiger charge is -2.13. The molecule has 0 amide bonds. The van der Waals surface area contributed by atoms with Gasteiger partial charge in [-0.2, -0.15) is 0 Å². The smallest absolute Gasteiger partial charge is 0.162 e. The summed E-state index contributed by atoms with van der Waals surface area (Å²) in [5.74, 6) is 1.90. The van der Waals surface area contributed by atoms with Crippen molar-refractivity contribution >= 4 is 40.5 Å². The number of hydrogen-bond donors (Lipinski definition) is 2. The minimum atomic E-state index is 0. The number of nitrogens with two attached hydrogens (primary N) is 1. The van der Waals surface area contributed by atoms with E-state index in [4.69, 9.17) is 15.2 Å². The van der Waals surface area contributed by atoms with Gasteiger partial charge in [-0.15, -0.1) is 12.4 Å². The van der Waals surface area contributed by atoms with Crippen molar-refractivity contribution in [3.05, 3.63) is 42.7 Å². The Hall–Kier alpha value is -2.73. The molecule has 0 radical (unpaired) electrons. The van der Waals surface area contributed by atoms with Crippen LogP contribution in [0.15, 0.2) is 42.7 Å². The van der Waals surface area contributed by atoms with Gasteiger partial charge < -0.3 is 20.5 Å². The second kappa shape index (κ2) is 7.02. The molecule has 0 bridgehead atoms. The Bertz CT molecular complexity index is 826. The second-order valence-electron chi connectivity index (χ2n) is 4.66. The second-order valence-corrected chi connectivity index (χ2v) is 4.66. The van der Waals surface area contributed by atoms with E-state index < -0.39 is 0 Å². The van der Waals surface area contributed by atoms with Gasteiger partial charge in [-0.1, -0.05) is 12.1 Å². The zero-order chi connectivity index (χ0) is 15.5. The van der Waals surface area contributed by atoms with E-state index in [1.54, 1.807) is 14.2 Å². The number of fused-ring (bicyclic) bond motifs is 1. The van der Waals surface area contributed by atoms with Crippen molar-refractivity contribution in [2.75, 3.05) is 25.3 Å². The minimum absolute atomic E-state index is 0. The number of anilines is 3. The van der Waals surface area contributed by atoms with Gasteiger partial charge in [-0.3, -0.25) is 0 Å². The molecule has 7 heteroatoms. The van der Waals surface area contributed by atoms with E-state index in [-0.39, 0.29) is 12.4 Å². The monoisotopic (exact) mass is 332 g/mol. The van der Waals surface area contributed by atoms with E-state index in [1.807, 2.05) is 36.4 Å². The number of benzene rings is 2. The van der Waals surface area contributed by atoms with Crippen molar-refractivity contribution in [2.24, 2.45) is 0 Å². The largest absolute Gasteiger partial charge is 0.493 e. The predicted octanol–water partition coefficient (Wildman–Crippen LogP) is 3.39. The molecule has 1 heterocycles. The van der Waals surface area contributed by atoms with Crippen LogP contribution in [-0.2, 0) is 0 Å².